The van der Waals surface area contributed by atoms with Crippen LogP contribution in [0.5, 0.6) is 17.4 Å². The summed E-state index contributed by atoms with van der Waals surface area (Å²) in [6.45, 7) is 0. The van der Waals surface area contributed by atoms with Crippen molar-refractivity contribution in [1.29, 1.82) is 0 Å². The van der Waals surface area contributed by atoms with Crippen molar-refractivity contribution in [1.82, 2.24) is 9.97 Å². The molecule has 0 radical (unpaired) electrons. The smallest absolute Gasteiger partial charge is 0.259 e. The number of nitrogens with zero attached hydrogens (tertiary/aromatic N) is 3. The third kappa shape index (κ3) is 3.21. The molecule has 0 saturated heterocycles. The molecule has 0 N–H and O–H groups in total. The number of rotatable bonds is 5. The van der Waals surface area contributed by atoms with Gasteiger partial charge in [-0.3, -0.25) is 0 Å². The highest BCUT2D eigenvalue weighted by Gasteiger charge is 2.05. The Balaban J connectivity index is 1.81. The summed E-state index contributed by atoms with van der Waals surface area (Å²) in [4.78, 5) is 13.7. The molecule has 0 bridgehead atoms. The number of aromatic nitrogens is 2. The maximum absolute atomic E-state index is 5.40. The number of para-hydroxylation sites is 1. The first-order valence-electron chi connectivity index (χ1n) is 6.94. The lowest BCUT2D eigenvalue weighted by molar-refractivity contribution is 0.334. The number of oxime groups is 1. The van der Waals surface area contributed by atoms with Gasteiger partial charge < -0.3 is 14.3 Å². The van der Waals surface area contributed by atoms with Crippen molar-refractivity contribution in [3.8, 4) is 17.4 Å². The molecule has 0 unspecified atom stereocenters. The average Bonchev–Trinajstić information content (AvgIpc) is 2.61. The van der Waals surface area contributed by atoms with Crippen LogP contribution in [-0.2, 0) is 0 Å². The average molecular weight is 309 g/mol. The van der Waals surface area contributed by atoms with Crippen LogP contribution in [0.15, 0.2) is 53.9 Å². The molecule has 1 aromatic heterocycles. The Morgan fingerprint density at radius 2 is 1.78 bits per heavy atom. The first kappa shape index (κ1) is 14.8. The van der Waals surface area contributed by atoms with Crippen LogP contribution in [0.25, 0.3) is 10.9 Å². The lowest BCUT2D eigenvalue weighted by atomic mass is 10.2. The number of methoxy groups -OCH3 is 2. The van der Waals surface area contributed by atoms with Crippen LogP contribution in [-0.4, -0.2) is 30.4 Å². The topological polar surface area (TPSA) is 65.8 Å². The minimum absolute atomic E-state index is 0.410. The van der Waals surface area contributed by atoms with Gasteiger partial charge in [0.25, 0.3) is 5.88 Å². The predicted octanol–water partition coefficient (Wildman–Crippen LogP) is 3.06. The highest BCUT2D eigenvalue weighted by molar-refractivity contribution is 5.83. The summed E-state index contributed by atoms with van der Waals surface area (Å²) < 4.78 is 10.4. The maximum Gasteiger partial charge on any atom is 0.259 e. The second-order valence-corrected chi connectivity index (χ2v) is 4.64. The largest absolute Gasteiger partial charge is 0.493 e. The number of ether oxygens (including phenoxy) is 2. The van der Waals surface area contributed by atoms with Gasteiger partial charge in [0.2, 0.25) is 0 Å². The summed E-state index contributed by atoms with van der Waals surface area (Å²) in [7, 11) is 3.18. The summed E-state index contributed by atoms with van der Waals surface area (Å²) in [5, 5.41) is 4.79. The normalized spacial score (nSPS) is 10.9. The first-order valence-corrected chi connectivity index (χ1v) is 6.94. The van der Waals surface area contributed by atoms with Gasteiger partial charge in [0, 0.05) is 5.56 Å². The van der Waals surface area contributed by atoms with Gasteiger partial charge in [-0.25, -0.2) is 4.98 Å². The zero-order chi connectivity index (χ0) is 16.1. The lowest BCUT2D eigenvalue weighted by Crippen LogP contribution is -1.94. The quantitative estimate of drug-likeness (QED) is 0.535. The molecule has 1 heterocycles. The minimum Gasteiger partial charge on any atom is -0.493 e. The van der Waals surface area contributed by atoms with Gasteiger partial charge in [-0.2, -0.15) is 4.98 Å². The Labute approximate surface area is 133 Å². The zero-order valence-electron chi connectivity index (χ0n) is 12.8. The molecule has 6 heteroatoms. The monoisotopic (exact) mass is 309 g/mol. The fourth-order valence-electron chi connectivity index (χ4n) is 2.12. The fraction of sp³-hybridized carbons (Fsp3) is 0.118. The van der Waals surface area contributed by atoms with E-state index < -0.39 is 0 Å². The van der Waals surface area contributed by atoms with Gasteiger partial charge in [0.05, 0.1) is 31.3 Å². The van der Waals surface area contributed by atoms with E-state index >= 15 is 0 Å². The van der Waals surface area contributed by atoms with Crippen molar-refractivity contribution < 1.29 is 14.3 Å². The molecule has 0 aliphatic heterocycles. The van der Waals surface area contributed by atoms with E-state index in [-0.39, 0.29) is 0 Å². The summed E-state index contributed by atoms with van der Waals surface area (Å²) in [5.74, 6) is 1.70. The van der Waals surface area contributed by atoms with E-state index in [1.807, 2.05) is 36.4 Å². The first-order chi connectivity index (χ1) is 11.3. The summed E-state index contributed by atoms with van der Waals surface area (Å²) >= 11 is 0. The lowest BCUT2D eigenvalue weighted by Gasteiger charge is -2.07. The standard InChI is InChI=1S/C17H15N3O3/c1-21-15-8-7-12(9-16(15)22-2)10-20-23-17-13-5-3-4-6-14(13)18-11-19-17/h3-11H,1-2H3. The van der Waals surface area contributed by atoms with Gasteiger partial charge in [-0.05, 0) is 30.3 Å². The fourth-order valence-corrected chi connectivity index (χ4v) is 2.12. The second-order valence-electron chi connectivity index (χ2n) is 4.64. The van der Waals surface area contributed by atoms with E-state index in [0.29, 0.717) is 17.4 Å². The molecule has 0 fully saturated rings. The Morgan fingerprint density at radius 1 is 0.957 bits per heavy atom. The van der Waals surface area contributed by atoms with Crippen LogP contribution >= 0.6 is 0 Å². The van der Waals surface area contributed by atoms with Crippen molar-refractivity contribution in [2.45, 2.75) is 0 Å². The van der Waals surface area contributed by atoms with E-state index in [1.165, 1.54) is 6.33 Å². The molecule has 6 nitrogen and oxygen atoms in total. The minimum atomic E-state index is 0.410. The van der Waals surface area contributed by atoms with Gasteiger partial charge in [0.1, 0.15) is 6.33 Å². The number of benzene rings is 2. The molecule has 0 amide bonds. The summed E-state index contributed by atoms with van der Waals surface area (Å²) in [5.41, 5.74) is 1.62. The molecule has 0 saturated carbocycles. The number of fused-ring (bicyclic) bond motifs is 1. The van der Waals surface area contributed by atoms with Crippen molar-refractivity contribution >= 4 is 17.1 Å². The van der Waals surface area contributed by atoms with Crippen molar-refractivity contribution in [3.63, 3.8) is 0 Å². The van der Waals surface area contributed by atoms with Gasteiger partial charge in [-0.15, -0.1) is 0 Å². The predicted molar refractivity (Wildman–Crippen MR) is 87.3 cm³/mol. The SMILES string of the molecule is COc1ccc(C=NOc2ncnc3ccccc23)cc1OC. The summed E-state index contributed by atoms with van der Waals surface area (Å²) in [6.07, 6.45) is 3.03. The van der Waals surface area contributed by atoms with Crippen molar-refractivity contribution in [3.05, 3.63) is 54.4 Å². The van der Waals surface area contributed by atoms with Crippen LogP contribution < -0.4 is 14.3 Å². The van der Waals surface area contributed by atoms with Gasteiger partial charge >= 0.3 is 0 Å². The van der Waals surface area contributed by atoms with E-state index in [0.717, 1.165) is 16.5 Å². The second kappa shape index (κ2) is 6.74. The maximum atomic E-state index is 5.40. The highest BCUT2D eigenvalue weighted by atomic mass is 16.6. The van der Waals surface area contributed by atoms with Crippen LogP contribution in [0, 0.1) is 0 Å². The number of hydrogen-bond acceptors (Lipinski definition) is 6. The zero-order valence-corrected chi connectivity index (χ0v) is 12.8. The van der Waals surface area contributed by atoms with E-state index in [1.54, 1.807) is 26.5 Å². The highest BCUT2D eigenvalue weighted by Crippen LogP contribution is 2.27. The Hall–Kier alpha value is -3.15. The van der Waals surface area contributed by atoms with Crippen LogP contribution in [0.4, 0.5) is 0 Å². The third-order valence-corrected chi connectivity index (χ3v) is 3.25. The molecule has 116 valence electrons. The molecule has 0 aliphatic rings. The summed E-state index contributed by atoms with van der Waals surface area (Å²) in [6, 6.07) is 13.1. The Bertz CT molecular complexity index is 844. The van der Waals surface area contributed by atoms with Crippen molar-refractivity contribution in [2.75, 3.05) is 14.2 Å². The van der Waals surface area contributed by atoms with E-state index in [4.69, 9.17) is 14.3 Å². The van der Waals surface area contributed by atoms with Gasteiger partial charge in [0.15, 0.2) is 11.5 Å². The third-order valence-electron chi connectivity index (χ3n) is 3.25. The Kier molecular flexibility index (Phi) is 4.33. The molecule has 0 spiro atoms. The van der Waals surface area contributed by atoms with E-state index in [2.05, 4.69) is 15.1 Å². The molecule has 0 aliphatic carbocycles. The Morgan fingerprint density at radius 3 is 2.61 bits per heavy atom. The van der Waals surface area contributed by atoms with Crippen molar-refractivity contribution in [2.24, 2.45) is 5.16 Å². The van der Waals surface area contributed by atoms with Crippen LogP contribution in [0.2, 0.25) is 0 Å². The number of hydrogen-bond donors (Lipinski definition) is 0. The molecule has 2 aromatic carbocycles. The molecular formula is C17H15N3O3. The molecule has 3 aromatic rings. The molecule has 3 rings (SSSR count). The molecule has 0 atom stereocenters. The van der Waals surface area contributed by atoms with Crippen LogP contribution in [0.1, 0.15) is 5.56 Å². The van der Waals surface area contributed by atoms with Crippen LogP contribution in [0.3, 0.4) is 0 Å². The van der Waals surface area contributed by atoms with E-state index in [9.17, 15) is 0 Å². The molecule has 23 heavy (non-hydrogen) atoms. The van der Waals surface area contributed by atoms with Gasteiger partial charge in [-0.1, -0.05) is 17.3 Å². The molecular weight excluding hydrogens is 294 g/mol.